The molecule has 0 aliphatic heterocycles. The Morgan fingerprint density at radius 1 is 0.938 bits per heavy atom. The fourth-order valence-electron chi connectivity index (χ4n) is 3.23. The minimum Gasteiger partial charge on any atom is -0.545 e. The van der Waals surface area contributed by atoms with Crippen molar-refractivity contribution >= 4 is 17.6 Å². The number of nitrogens with zero attached hydrogens (tertiary/aromatic N) is 2. The number of nitro groups is 1. The van der Waals surface area contributed by atoms with Gasteiger partial charge in [-0.3, -0.25) is 14.9 Å². The van der Waals surface area contributed by atoms with Gasteiger partial charge >= 0.3 is 0 Å². The van der Waals surface area contributed by atoms with E-state index < -0.39 is 10.9 Å². The van der Waals surface area contributed by atoms with E-state index in [1.165, 1.54) is 24.1 Å². The summed E-state index contributed by atoms with van der Waals surface area (Å²) >= 11 is 0. The molecule has 3 aromatic rings. The molecule has 8 heteroatoms. The first kappa shape index (κ1) is 22.5. The van der Waals surface area contributed by atoms with Crippen molar-refractivity contribution in [1.82, 2.24) is 4.90 Å². The third-order valence-corrected chi connectivity index (χ3v) is 5.00. The van der Waals surface area contributed by atoms with Gasteiger partial charge < -0.3 is 19.5 Å². The van der Waals surface area contributed by atoms with Crippen LogP contribution in [0.1, 0.15) is 37.4 Å². The Kier molecular flexibility index (Phi) is 6.84. The summed E-state index contributed by atoms with van der Waals surface area (Å²) in [7, 11) is 1.52. The average Bonchev–Trinajstić information content (AvgIpc) is 2.79. The van der Waals surface area contributed by atoms with Gasteiger partial charge in [-0.15, -0.1) is 0 Å². The monoisotopic (exact) mass is 433 g/mol. The Labute approximate surface area is 184 Å². The van der Waals surface area contributed by atoms with Crippen LogP contribution in [0.15, 0.2) is 66.7 Å². The Morgan fingerprint density at radius 3 is 2.12 bits per heavy atom. The SMILES string of the molecule is COc1ccc(C(=O)N(Cc2ccc(C)cc2)Cc2ccc(C(=O)[O-])cc2[N+](=O)[O-])cc1. The molecule has 1 amide bonds. The van der Waals surface area contributed by atoms with Gasteiger partial charge in [0.1, 0.15) is 5.75 Å². The van der Waals surface area contributed by atoms with Gasteiger partial charge in [-0.05, 0) is 42.8 Å². The van der Waals surface area contributed by atoms with Crippen LogP contribution < -0.4 is 9.84 Å². The molecule has 0 saturated heterocycles. The highest BCUT2D eigenvalue weighted by atomic mass is 16.6. The summed E-state index contributed by atoms with van der Waals surface area (Å²) in [6.07, 6.45) is 0. The molecule has 32 heavy (non-hydrogen) atoms. The number of amides is 1. The van der Waals surface area contributed by atoms with Crippen molar-refractivity contribution in [2.75, 3.05) is 7.11 Å². The van der Waals surface area contributed by atoms with E-state index in [1.54, 1.807) is 24.3 Å². The highest BCUT2D eigenvalue weighted by molar-refractivity contribution is 5.94. The summed E-state index contributed by atoms with van der Waals surface area (Å²) in [5.41, 5.74) is 1.85. The third-order valence-electron chi connectivity index (χ3n) is 5.00. The predicted octanol–water partition coefficient (Wildman–Crippen LogP) is 3.12. The van der Waals surface area contributed by atoms with Crippen molar-refractivity contribution in [2.45, 2.75) is 20.0 Å². The average molecular weight is 433 g/mol. The maximum Gasteiger partial charge on any atom is 0.275 e. The smallest absolute Gasteiger partial charge is 0.275 e. The number of hydrogen-bond acceptors (Lipinski definition) is 6. The topological polar surface area (TPSA) is 113 Å². The van der Waals surface area contributed by atoms with Crippen molar-refractivity contribution in [3.05, 3.63) is 105 Å². The lowest BCUT2D eigenvalue weighted by Crippen LogP contribution is -2.30. The van der Waals surface area contributed by atoms with Gasteiger partial charge in [0, 0.05) is 29.3 Å². The molecule has 0 heterocycles. The van der Waals surface area contributed by atoms with Crippen molar-refractivity contribution in [2.24, 2.45) is 0 Å². The number of ether oxygens (including phenoxy) is 1. The Morgan fingerprint density at radius 2 is 1.56 bits per heavy atom. The minimum atomic E-state index is -1.51. The van der Waals surface area contributed by atoms with E-state index in [1.807, 2.05) is 31.2 Å². The van der Waals surface area contributed by atoms with Gasteiger partial charge in [0.25, 0.3) is 11.6 Å². The summed E-state index contributed by atoms with van der Waals surface area (Å²) in [5.74, 6) is -1.24. The van der Waals surface area contributed by atoms with E-state index in [2.05, 4.69) is 0 Å². The molecule has 164 valence electrons. The number of carbonyl (C=O) groups is 2. The number of methoxy groups -OCH3 is 1. The van der Waals surface area contributed by atoms with Gasteiger partial charge in [0.05, 0.1) is 24.5 Å². The van der Waals surface area contributed by atoms with E-state index in [-0.39, 0.29) is 35.8 Å². The Hall–Kier alpha value is -4.20. The first-order valence-corrected chi connectivity index (χ1v) is 9.76. The van der Waals surface area contributed by atoms with Crippen LogP contribution in [0.5, 0.6) is 5.75 Å². The van der Waals surface area contributed by atoms with Crippen molar-refractivity contribution in [3.63, 3.8) is 0 Å². The number of carboxylic acids is 1. The molecule has 0 aromatic heterocycles. The summed E-state index contributed by atoms with van der Waals surface area (Å²) in [6.45, 7) is 2.08. The van der Waals surface area contributed by atoms with Crippen LogP contribution >= 0.6 is 0 Å². The van der Waals surface area contributed by atoms with Gasteiger partial charge in [-0.1, -0.05) is 35.9 Å². The molecule has 0 atom stereocenters. The van der Waals surface area contributed by atoms with E-state index in [0.29, 0.717) is 11.3 Å². The largest absolute Gasteiger partial charge is 0.545 e. The maximum absolute atomic E-state index is 13.3. The van der Waals surface area contributed by atoms with Gasteiger partial charge in [0.2, 0.25) is 0 Å². The van der Waals surface area contributed by atoms with Crippen LogP contribution in [0.4, 0.5) is 5.69 Å². The molecule has 0 fully saturated rings. The summed E-state index contributed by atoms with van der Waals surface area (Å²) < 4.78 is 5.13. The number of aryl methyl sites for hydroxylation is 1. The van der Waals surface area contributed by atoms with Crippen LogP contribution in [0.25, 0.3) is 0 Å². The number of nitro benzene ring substituents is 1. The fraction of sp³-hybridized carbons (Fsp3) is 0.167. The number of carbonyl (C=O) groups excluding carboxylic acids is 2. The Bertz CT molecular complexity index is 1140. The highest BCUT2D eigenvalue weighted by Gasteiger charge is 2.22. The fourth-order valence-corrected chi connectivity index (χ4v) is 3.23. The second-order valence-electron chi connectivity index (χ2n) is 7.26. The van der Waals surface area contributed by atoms with E-state index in [0.717, 1.165) is 17.2 Å². The Balaban J connectivity index is 1.98. The molecule has 0 saturated carbocycles. The lowest BCUT2D eigenvalue weighted by Gasteiger charge is -2.23. The standard InChI is InChI=1S/C24H22N2O6/c1-16-3-5-17(6-4-16)14-25(23(27)18-9-11-21(32-2)12-10-18)15-20-8-7-19(24(28)29)13-22(20)26(30)31/h3-13H,14-15H2,1-2H3,(H,28,29)/p-1. The molecule has 0 bridgehead atoms. The molecular weight excluding hydrogens is 412 g/mol. The highest BCUT2D eigenvalue weighted by Crippen LogP contribution is 2.24. The molecule has 0 radical (unpaired) electrons. The molecule has 0 N–H and O–H groups in total. The minimum absolute atomic E-state index is 0.0810. The van der Waals surface area contributed by atoms with E-state index in [9.17, 15) is 24.8 Å². The van der Waals surface area contributed by atoms with Crippen LogP contribution in [0, 0.1) is 17.0 Å². The lowest BCUT2D eigenvalue weighted by atomic mass is 10.1. The van der Waals surface area contributed by atoms with Crippen molar-refractivity contribution in [1.29, 1.82) is 0 Å². The summed E-state index contributed by atoms with van der Waals surface area (Å²) in [4.78, 5) is 36.8. The normalized spacial score (nSPS) is 10.4. The zero-order valence-electron chi connectivity index (χ0n) is 17.6. The molecule has 0 aliphatic rings. The van der Waals surface area contributed by atoms with Gasteiger partial charge in [-0.25, -0.2) is 0 Å². The second-order valence-corrected chi connectivity index (χ2v) is 7.26. The molecule has 0 aliphatic carbocycles. The van der Waals surface area contributed by atoms with Gasteiger partial charge in [0.15, 0.2) is 0 Å². The van der Waals surface area contributed by atoms with Crippen LogP contribution in [0.2, 0.25) is 0 Å². The molecule has 3 aromatic carbocycles. The van der Waals surface area contributed by atoms with Crippen LogP contribution in [0.3, 0.4) is 0 Å². The first-order chi connectivity index (χ1) is 15.3. The first-order valence-electron chi connectivity index (χ1n) is 9.76. The van der Waals surface area contributed by atoms with Gasteiger partial charge in [-0.2, -0.15) is 0 Å². The maximum atomic E-state index is 13.3. The predicted molar refractivity (Wildman–Crippen MR) is 115 cm³/mol. The molecule has 0 spiro atoms. The molecule has 3 rings (SSSR count). The second kappa shape index (κ2) is 9.74. The van der Waals surface area contributed by atoms with E-state index in [4.69, 9.17) is 4.74 Å². The number of benzene rings is 3. The third kappa shape index (κ3) is 5.28. The number of hydrogen-bond donors (Lipinski definition) is 0. The van der Waals surface area contributed by atoms with Crippen molar-refractivity contribution < 1.29 is 24.4 Å². The molecular formula is C24H21N2O6-. The van der Waals surface area contributed by atoms with Crippen LogP contribution in [-0.4, -0.2) is 28.8 Å². The zero-order chi connectivity index (χ0) is 23.3. The number of carboxylic acid groups (broad SMARTS) is 1. The number of rotatable bonds is 8. The molecule has 8 nitrogen and oxygen atoms in total. The number of aromatic carboxylic acids is 1. The van der Waals surface area contributed by atoms with E-state index >= 15 is 0 Å². The van der Waals surface area contributed by atoms with Crippen molar-refractivity contribution in [3.8, 4) is 5.75 Å². The summed E-state index contributed by atoms with van der Waals surface area (Å²) in [5, 5.41) is 22.7. The molecule has 0 unspecified atom stereocenters. The summed E-state index contributed by atoms with van der Waals surface area (Å²) in [6, 6.07) is 17.7. The lowest BCUT2D eigenvalue weighted by molar-refractivity contribution is -0.385. The zero-order valence-corrected chi connectivity index (χ0v) is 17.6. The van der Waals surface area contributed by atoms with Crippen LogP contribution in [-0.2, 0) is 13.1 Å². The quantitative estimate of drug-likeness (QED) is 0.398.